The van der Waals surface area contributed by atoms with Gasteiger partial charge in [0.15, 0.2) is 0 Å². The molecule has 0 bridgehead atoms. The molecule has 0 saturated heterocycles. The molecular formula is C40H56N6O4. The van der Waals surface area contributed by atoms with E-state index in [2.05, 4.69) is 31.1 Å². The van der Waals surface area contributed by atoms with Gasteiger partial charge in [-0.3, -0.25) is 19.2 Å². The molecule has 0 saturated carbocycles. The highest BCUT2D eigenvalue weighted by Crippen LogP contribution is 2.11. The lowest BCUT2D eigenvalue weighted by atomic mass is 10.1. The van der Waals surface area contributed by atoms with Gasteiger partial charge < -0.3 is 31.1 Å². The highest BCUT2D eigenvalue weighted by atomic mass is 16.2. The summed E-state index contributed by atoms with van der Waals surface area (Å²) in [5, 5.41) is 12.2. The molecule has 0 spiro atoms. The number of rotatable bonds is 25. The van der Waals surface area contributed by atoms with Crippen LogP contribution < -0.4 is 21.3 Å². The third-order valence-electron chi connectivity index (χ3n) is 9.20. The zero-order chi connectivity index (χ0) is 35.2. The molecular weight excluding hydrogens is 628 g/mol. The number of unbranched alkanes of at least 4 members (excludes halogenated alkanes) is 1. The molecule has 4 amide bonds. The predicted octanol–water partition coefficient (Wildman–Crippen LogP) is 3.36. The number of allylic oxidation sites excluding steroid dienone is 8. The Kier molecular flexibility index (Phi) is 17.3. The van der Waals surface area contributed by atoms with Crippen molar-refractivity contribution in [3.05, 3.63) is 97.2 Å². The van der Waals surface area contributed by atoms with E-state index in [0.29, 0.717) is 26.2 Å². The fraction of sp³-hybridized carbons (Fsp3) is 0.500. The fourth-order valence-corrected chi connectivity index (χ4v) is 6.30. The Balaban J connectivity index is 1.18. The van der Waals surface area contributed by atoms with Crippen molar-refractivity contribution >= 4 is 23.6 Å². The summed E-state index contributed by atoms with van der Waals surface area (Å²) in [4.78, 5) is 54.4. The maximum Gasteiger partial charge on any atom is 0.230 e. The molecule has 4 aliphatic rings. The normalized spacial score (nSPS) is 16.6. The number of hydrogen-bond donors (Lipinski definition) is 4. The van der Waals surface area contributed by atoms with E-state index < -0.39 is 0 Å². The summed E-state index contributed by atoms with van der Waals surface area (Å²) in [5.41, 5.74) is 0. The standard InChI is InChI=1S/C40H56N6O4/c47-37(33-15-1-2-16-33)41-23-11-29-45(30-12-24-42-38(48)34-17-3-4-18-34)27-9-10-28-46(31-13-25-43-39(49)35-19-5-6-20-35)32-14-26-44-40(50)36-21-7-8-22-36/h1-8,15-22,33-36H,9-14,23-32H2,(H,41,47)(H,42,48)(H,43,49)(H,44,50). The van der Waals surface area contributed by atoms with Gasteiger partial charge in [-0.15, -0.1) is 0 Å². The number of amides is 4. The van der Waals surface area contributed by atoms with E-state index in [1.54, 1.807) is 0 Å². The van der Waals surface area contributed by atoms with Gasteiger partial charge in [0.25, 0.3) is 0 Å². The first-order valence-corrected chi connectivity index (χ1v) is 18.4. The monoisotopic (exact) mass is 684 g/mol. The van der Waals surface area contributed by atoms with Crippen LogP contribution in [-0.2, 0) is 19.2 Å². The third-order valence-corrected chi connectivity index (χ3v) is 9.20. The molecule has 270 valence electrons. The molecule has 0 aromatic rings. The summed E-state index contributed by atoms with van der Waals surface area (Å²) in [6.45, 7) is 7.90. The Hall–Kier alpha value is -4.28. The number of carbonyl (C=O) groups is 4. The van der Waals surface area contributed by atoms with Crippen molar-refractivity contribution in [1.82, 2.24) is 31.1 Å². The minimum atomic E-state index is -0.169. The minimum Gasteiger partial charge on any atom is -0.355 e. The van der Waals surface area contributed by atoms with Gasteiger partial charge in [-0.25, -0.2) is 0 Å². The van der Waals surface area contributed by atoms with Crippen molar-refractivity contribution in [2.75, 3.05) is 65.4 Å². The average Bonchev–Trinajstić information content (AvgIpc) is 3.97. The fourth-order valence-electron chi connectivity index (χ4n) is 6.30. The van der Waals surface area contributed by atoms with Gasteiger partial charge in [0.05, 0.1) is 23.7 Å². The number of nitrogens with one attached hydrogen (secondary N) is 4. The van der Waals surface area contributed by atoms with Crippen LogP contribution in [0.3, 0.4) is 0 Å². The van der Waals surface area contributed by atoms with Crippen LogP contribution in [0.5, 0.6) is 0 Å². The number of carbonyl (C=O) groups excluding carboxylic acids is 4. The van der Waals surface area contributed by atoms with Crippen LogP contribution in [0.1, 0.15) is 38.5 Å². The second-order valence-electron chi connectivity index (χ2n) is 13.2. The molecule has 10 heteroatoms. The van der Waals surface area contributed by atoms with Crippen LogP contribution in [-0.4, -0.2) is 98.9 Å². The summed E-state index contributed by atoms with van der Waals surface area (Å²) < 4.78 is 0. The molecule has 0 atom stereocenters. The SMILES string of the molecule is O=C(NCCCN(CCCCN(CCCNC(=O)C1C=CC=C1)CCCNC(=O)C1C=CC=C1)CCCNC(=O)C1C=CC=C1)C1C=CC=C1. The topological polar surface area (TPSA) is 123 Å². The second-order valence-corrected chi connectivity index (χ2v) is 13.2. The first kappa shape index (κ1) is 38.5. The lowest BCUT2D eigenvalue weighted by Crippen LogP contribution is -2.36. The van der Waals surface area contributed by atoms with Gasteiger partial charge in [0, 0.05) is 26.2 Å². The van der Waals surface area contributed by atoms with Crippen molar-refractivity contribution in [2.24, 2.45) is 23.7 Å². The maximum absolute atomic E-state index is 12.4. The molecule has 4 rings (SSSR count). The highest BCUT2D eigenvalue weighted by molar-refractivity contribution is 5.84. The summed E-state index contributed by atoms with van der Waals surface area (Å²) in [7, 11) is 0. The van der Waals surface area contributed by atoms with Crippen LogP contribution in [0.4, 0.5) is 0 Å². The molecule has 4 aliphatic carbocycles. The molecule has 0 unspecified atom stereocenters. The van der Waals surface area contributed by atoms with E-state index in [0.717, 1.165) is 77.8 Å². The quantitative estimate of drug-likeness (QED) is 0.110. The summed E-state index contributed by atoms with van der Waals surface area (Å²) in [6, 6.07) is 0. The van der Waals surface area contributed by atoms with Gasteiger partial charge in [-0.05, 0) is 77.8 Å². The Morgan fingerprint density at radius 2 is 0.540 bits per heavy atom. The van der Waals surface area contributed by atoms with Gasteiger partial charge in [-0.2, -0.15) is 0 Å². The Morgan fingerprint density at radius 1 is 0.340 bits per heavy atom. The molecule has 0 fully saturated rings. The second kappa shape index (κ2) is 22.4. The van der Waals surface area contributed by atoms with Crippen molar-refractivity contribution in [3.8, 4) is 0 Å². The zero-order valence-electron chi connectivity index (χ0n) is 29.4. The van der Waals surface area contributed by atoms with Gasteiger partial charge in [0.1, 0.15) is 0 Å². The van der Waals surface area contributed by atoms with Gasteiger partial charge in [0.2, 0.25) is 23.6 Å². The summed E-state index contributed by atoms with van der Waals surface area (Å²) in [6.07, 6.45) is 35.9. The van der Waals surface area contributed by atoms with E-state index in [1.165, 1.54) is 0 Å². The zero-order valence-corrected chi connectivity index (χ0v) is 29.4. The predicted molar refractivity (Wildman–Crippen MR) is 200 cm³/mol. The lowest BCUT2D eigenvalue weighted by molar-refractivity contribution is -0.123. The highest BCUT2D eigenvalue weighted by Gasteiger charge is 2.17. The van der Waals surface area contributed by atoms with E-state index in [4.69, 9.17) is 0 Å². The first-order chi connectivity index (χ1) is 24.5. The smallest absolute Gasteiger partial charge is 0.230 e. The van der Waals surface area contributed by atoms with Crippen molar-refractivity contribution in [3.63, 3.8) is 0 Å². The number of hydrogen-bond acceptors (Lipinski definition) is 6. The molecule has 10 nitrogen and oxygen atoms in total. The number of nitrogens with zero attached hydrogens (tertiary/aromatic N) is 2. The lowest BCUT2D eigenvalue weighted by Gasteiger charge is -2.25. The summed E-state index contributed by atoms with van der Waals surface area (Å²) >= 11 is 0. The van der Waals surface area contributed by atoms with Crippen LogP contribution in [0, 0.1) is 23.7 Å². The minimum absolute atomic E-state index is 0.0397. The molecule has 0 aliphatic heterocycles. The average molecular weight is 685 g/mol. The van der Waals surface area contributed by atoms with Gasteiger partial charge in [-0.1, -0.05) is 97.2 Å². The van der Waals surface area contributed by atoms with Crippen LogP contribution in [0.15, 0.2) is 97.2 Å². The Labute approximate surface area is 298 Å². The third kappa shape index (κ3) is 14.3. The van der Waals surface area contributed by atoms with Crippen LogP contribution >= 0.6 is 0 Å². The molecule has 50 heavy (non-hydrogen) atoms. The maximum atomic E-state index is 12.4. The Bertz CT molecular complexity index is 1110. The van der Waals surface area contributed by atoms with Crippen molar-refractivity contribution in [1.29, 1.82) is 0 Å². The largest absolute Gasteiger partial charge is 0.355 e. The Morgan fingerprint density at radius 3 is 0.760 bits per heavy atom. The summed E-state index contributed by atoms with van der Waals surface area (Å²) in [5.74, 6) is -0.515. The van der Waals surface area contributed by atoms with Crippen molar-refractivity contribution in [2.45, 2.75) is 38.5 Å². The van der Waals surface area contributed by atoms with E-state index in [1.807, 2.05) is 97.2 Å². The molecule has 0 aromatic carbocycles. The van der Waals surface area contributed by atoms with Crippen LogP contribution in [0.25, 0.3) is 0 Å². The molecule has 0 aromatic heterocycles. The van der Waals surface area contributed by atoms with Gasteiger partial charge >= 0.3 is 0 Å². The molecule has 0 heterocycles. The van der Waals surface area contributed by atoms with E-state index in [-0.39, 0.29) is 47.3 Å². The van der Waals surface area contributed by atoms with Crippen LogP contribution in [0.2, 0.25) is 0 Å². The first-order valence-electron chi connectivity index (χ1n) is 18.4. The van der Waals surface area contributed by atoms with E-state index >= 15 is 0 Å². The molecule has 0 radical (unpaired) electrons. The van der Waals surface area contributed by atoms with E-state index in [9.17, 15) is 19.2 Å². The van der Waals surface area contributed by atoms with Crippen molar-refractivity contribution < 1.29 is 19.2 Å². The molecule has 4 N–H and O–H groups in total.